The van der Waals surface area contributed by atoms with Crippen LogP contribution in [0, 0.1) is 0 Å². The lowest BCUT2D eigenvalue weighted by molar-refractivity contribution is -0.117. The molecular weight excluding hydrogens is 362 g/mol. The Morgan fingerprint density at radius 2 is 1.89 bits per heavy atom. The van der Waals surface area contributed by atoms with Crippen LogP contribution in [0.1, 0.15) is 41.7 Å². The summed E-state index contributed by atoms with van der Waals surface area (Å²) in [5, 5.41) is 6.51. The van der Waals surface area contributed by atoms with Crippen molar-refractivity contribution < 1.29 is 9.59 Å². The first-order valence-corrected chi connectivity index (χ1v) is 9.46. The minimum Gasteiger partial charge on any atom is -0.349 e. The zero-order valence-electron chi connectivity index (χ0n) is 15.5. The maximum absolute atomic E-state index is 12.4. The van der Waals surface area contributed by atoms with Crippen LogP contribution in [0.15, 0.2) is 48.5 Å². The number of hydrogen-bond acceptors (Lipinski definition) is 3. The molecule has 0 aromatic heterocycles. The van der Waals surface area contributed by atoms with Crippen LogP contribution in [-0.2, 0) is 4.79 Å². The van der Waals surface area contributed by atoms with Crippen molar-refractivity contribution >= 4 is 29.1 Å². The topological polar surface area (TPSA) is 61.4 Å². The molecule has 5 nitrogen and oxygen atoms in total. The number of halogens is 1. The number of rotatable bonds is 7. The zero-order valence-corrected chi connectivity index (χ0v) is 16.3. The quantitative estimate of drug-likeness (QED) is 0.760. The predicted molar refractivity (Wildman–Crippen MR) is 108 cm³/mol. The van der Waals surface area contributed by atoms with Gasteiger partial charge in [-0.05, 0) is 62.7 Å². The van der Waals surface area contributed by atoms with Crippen molar-refractivity contribution in [1.82, 2.24) is 10.2 Å². The molecule has 0 bridgehead atoms. The van der Waals surface area contributed by atoms with Crippen LogP contribution >= 0.6 is 11.6 Å². The van der Waals surface area contributed by atoms with Gasteiger partial charge in [-0.3, -0.25) is 14.5 Å². The SMILES string of the molecule is CC(c1ccc(Cl)cc1)N(C)CC(=O)Nc1cccc(C(=O)NC2CC2)c1. The van der Waals surface area contributed by atoms with E-state index in [4.69, 9.17) is 11.6 Å². The lowest BCUT2D eigenvalue weighted by Crippen LogP contribution is -2.32. The zero-order chi connectivity index (χ0) is 19.4. The molecule has 2 N–H and O–H groups in total. The molecule has 0 spiro atoms. The van der Waals surface area contributed by atoms with Gasteiger partial charge in [0, 0.05) is 28.4 Å². The van der Waals surface area contributed by atoms with Crippen molar-refractivity contribution in [3.05, 3.63) is 64.7 Å². The molecule has 0 saturated heterocycles. The first-order valence-electron chi connectivity index (χ1n) is 9.09. The fourth-order valence-corrected chi connectivity index (χ4v) is 2.92. The predicted octanol–water partition coefficient (Wildman–Crippen LogP) is 3.86. The average molecular weight is 386 g/mol. The standard InChI is InChI=1S/C21H24ClN3O2/c1-14(15-6-8-17(22)9-7-15)25(2)13-20(26)23-19-5-3-4-16(12-19)21(27)24-18-10-11-18/h3-9,12,14,18H,10-11,13H2,1-2H3,(H,23,26)(H,24,27). The molecule has 1 aliphatic carbocycles. The molecule has 6 heteroatoms. The van der Waals surface area contributed by atoms with E-state index in [2.05, 4.69) is 10.6 Å². The molecule has 1 fully saturated rings. The second-order valence-corrected chi connectivity index (χ2v) is 7.46. The highest BCUT2D eigenvalue weighted by Crippen LogP contribution is 2.21. The number of nitrogens with zero attached hydrogens (tertiary/aromatic N) is 1. The highest BCUT2D eigenvalue weighted by atomic mass is 35.5. The van der Waals surface area contributed by atoms with Crippen molar-refractivity contribution in [1.29, 1.82) is 0 Å². The molecule has 0 heterocycles. The number of benzene rings is 2. The third-order valence-corrected chi connectivity index (χ3v) is 4.98. The van der Waals surface area contributed by atoms with Crippen molar-refractivity contribution in [2.24, 2.45) is 0 Å². The first kappa shape index (κ1) is 19.4. The van der Waals surface area contributed by atoms with Gasteiger partial charge in [-0.2, -0.15) is 0 Å². The molecule has 0 aliphatic heterocycles. The van der Waals surface area contributed by atoms with Crippen LogP contribution in [0.2, 0.25) is 5.02 Å². The Morgan fingerprint density at radius 1 is 1.19 bits per heavy atom. The Bertz CT molecular complexity index is 818. The molecule has 27 heavy (non-hydrogen) atoms. The highest BCUT2D eigenvalue weighted by molar-refractivity contribution is 6.30. The maximum atomic E-state index is 12.4. The van der Waals surface area contributed by atoms with Gasteiger partial charge in [0.25, 0.3) is 5.91 Å². The van der Waals surface area contributed by atoms with Crippen LogP contribution in [0.25, 0.3) is 0 Å². The van der Waals surface area contributed by atoms with E-state index in [0.717, 1.165) is 18.4 Å². The molecule has 0 radical (unpaired) electrons. The Morgan fingerprint density at radius 3 is 2.56 bits per heavy atom. The van der Waals surface area contributed by atoms with Gasteiger partial charge in [-0.25, -0.2) is 0 Å². The Balaban J connectivity index is 1.56. The number of likely N-dealkylation sites (N-methyl/N-ethyl adjacent to an activating group) is 1. The normalized spacial score (nSPS) is 14.7. The number of amides is 2. The summed E-state index contributed by atoms with van der Waals surface area (Å²) in [6, 6.07) is 15.0. The van der Waals surface area contributed by atoms with E-state index < -0.39 is 0 Å². The van der Waals surface area contributed by atoms with Gasteiger partial charge in [0.1, 0.15) is 0 Å². The summed E-state index contributed by atoms with van der Waals surface area (Å²) in [6.45, 7) is 2.28. The number of hydrogen-bond donors (Lipinski definition) is 2. The minimum absolute atomic E-state index is 0.0728. The monoisotopic (exact) mass is 385 g/mol. The summed E-state index contributed by atoms with van der Waals surface area (Å²) < 4.78 is 0. The van der Waals surface area contributed by atoms with Crippen LogP contribution in [0.5, 0.6) is 0 Å². The smallest absolute Gasteiger partial charge is 0.251 e. The summed E-state index contributed by atoms with van der Waals surface area (Å²) in [5.41, 5.74) is 2.27. The van der Waals surface area contributed by atoms with E-state index in [0.29, 0.717) is 22.3 Å². The fraction of sp³-hybridized carbons (Fsp3) is 0.333. The average Bonchev–Trinajstić information content (AvgIpc) is 3.45. The number of nitrogens with one attached hydrogen (secondary N) is 2. The summed E-state index contributed by atoms with van der Waals surface area (Å²) in [6.07, 6.45) is 2.08. The second-order valence-electron chi connectivity index (χ2n) is 7.02. The van der Waals surface area contributed by atoms with Gasteiger partial charge in [-0.15, -0.1) is 0 Å². The minimum atomic E-state index is -0.127. The van der Waals surface area contributed by atoms with Crippen molar-refractivity contribution in [3.63, 3.8) is 0 Å². The van der Waals surface area contributed by atoms with Crippen molar-refractivity contribution in [3.8, 4) is 0 Å². The molecule has 1 saturated carbocycles. The van der Waals surface area contributed by atoms with E-state index >= 15 is 0 Å². The molecule has 1 atom stereocenters. The third kappa shape index (κ3) is 5.55. The summed E-state index contributed by atoms with van der Waals surface area (Å²) in [4.78, 5) is 26.5. The number of carbonyl (C=O) groups is 2. The molecule has 1 aliphatic rings. The van der Waals surface area contributed by atoms with E-state index in [1.54, 1.807) is 24.3 Å². The van der Waals surface area contributed by atoms with Gasteiger partial charge in [0.2, 0.25) is 5.91 Å². The van der Waals surface area contributed by atoms with Gasteiger partial charge in [0.05, 0.1) is 6.54 Å². The van der Waals surface area contributed by atoms with Crippen LogP contribution < -0.4 is 10.6 Å². The first-order chi connectivity index (χ1) is 12.9. The molecule has 142 valence electrons. The van der Waals surface area contributed by atoms with Crippen LogP contribution in [-0.4, -0.2) is 36.3 Å². The number of anilines is 1. The van der Waals surface area contributed by atoms with E-state index in [1.165, 1.54) is 0 Å². The van der Waals surface area contributed by atoms with E-state index in [-0.39, 0.29) is 24.4 Å². The second kappa shape index (κ2) is 8.55. The highest BCUT2D eigenvalue weighted by Gasteiger charge is 2.24. The molecule has 2 aromatic rings. The third-order valence-electron chi connectivity index (χ3n) is 4.73. The van der Waals surface area contributed by atoms with Crippen LogP contribution in [0.4, 0.5) is 5.69 Å². The fourth-order valence-electron chi connectivity index (χ4n) is 2.79. The summed E-state index contributed by atoms with van der Waals surface area (Å²) in [7, 11) is 1.90. The largest absolute Gasteiger partial charge is 0.349 e. The van der Waals surface area contributed by atoms with Gasteiger partial charge in [-0.1, -0.05) is 29.8 Å². The van der Waals surface area contributed by atoms with Crippen LogP contribution in [0.3, 0.4) is 0 Å². The molecule has 1 unspecified atom stereocenters. The van der Waals surface area contributed by atoms with Gasteiger partial charge in [0.15, 0.2) is 0 Å². The Labute approximate surface area is 164 Å². The summed E-state index contributed by atoms with van der Waals surface area (Å²) in [5.74, 6) is -0.222. The van der Waals surface area contributed by atoms with Crippen molar-refractivity contribution in [2.75, 3.05) is 18.9 Å². The van der Waals surface area contributed by atoms with Gasteiger partial charge < -0.3 is 10.6 Å². The Hall–Kier alpha value is -2.37. The maximum Gasteiger partial charge on any atom is 0.251 e. The lowest BCUT2D eigenvalue weighted by atomic mass is 10.1. The summed E-state index contributed by atoms with van der Waals surface area (Å²) >= 11 is 5.93. The molecule has 3 rings (SSSR count). The van der Waals surface area contributed by atoms with E-state index in [1.807, 2.05) is 43.1 Å². The molecular formula is C21H24ClN3O2. The van der Waals surface area contributed by atoms with Crippen molar-refractivity contribution in [2.45, 2.75) is 31.8 Å². The van der Waals surface area contributed by atoms with E-state index in [9.17, 15) is 9.59 Å². The molecule has 2 amide bonds. The Kier molecular flexibility index (Phi) is 6.14. The number of carbonyl (C=O) groups excluding carboxylic acids is 2. The molecule has 2 aromatic carbocycles. The lowest BCUT2D eigenvalue weighted by Gasteiger charge is -2.24. The van der Waals surface area contributed by atoms with Gasteiger partial charge >= 0.3 is 0 Å².